The van der Waals surface area contributed by atoms with Crippen molar-refractivity contribution in [2.24, 2.45) is 11.3 Å². The Kier molecular flexibility index (Phi) is 9.16. The summed E-state index contributed by atoms with van der Waals surface area (Å²) in [6.45, 7) is 6.74. The highest BCUT2D eigenvalue weighted by Gasteiger charge is 2.33. The van der Waals surface area contributed by atoms with Crippen molar-refractivity contribution in [3.63, 3.8) is 0 Å². The molecule has 1 fully saturated rings. The van der Waals surface area contributed by atoms with E-state index in [1.807, 2.05) is 20.8 Å². The first-order valence-electron chi connectivity index (χ1n) is 9.22. The van der Waals surface area contributed by atoms with Gasteiger partial charge in [0.15, 0.2) is 0 Å². The molecule has 1 rings (SSSR count). The Bertz CT molecular complexity index is 583. The number of carbonyl (C=O) groups excluding carboxylic acids is 4. The van der Waals surface area contributed by atoms with Gasteiger partial charge in [0, 0.05) is 38.7 Å². The molecule has 0 saturated carbocycles. The fourth-order valence-electron chi connectivity index (χ4n) is 2.70. The first kappa shape index (κ1) is 22.8. The van der Waals surface area contributed by atoms with Crippen LogP contribution < -0.4 is 0 Å². The SMILES string of the molecule is C#CCC(CC(=O)OCCOCCCC(=O)N1C(=O)CCC1=O)C(C)(C)C. The molecule has 0 bridgehead atoms. The number of terminal acetylenes is 1. The highest BCUT2D eigenvalue weighted by Crippen LogP contribution is 2.31. The Morgan fingerprint density at radius 2 is 1.78 bits per heavy atom. The molecule has 0 aromatic carbocycles. The third-order valence-electron chi connectivity index (χ3n) is 4.47. The molecule has 1 atom stereocenters. The molecule has 0 N–H and O–H groups in total. The standard InChI is InChI=1S/C20H29NO6/c1-5-7-15(20(2,3)4)14-19(25)27-13-12-26-11-6-8-16(22)21-17(23)9-10-18(21)24/h1,15H,6-14H2,2-4H3. The van der Waals surface area contributed by atoms with Gasteiger partial charge in [-0.25, -0.2) is 4.90 Å². The maximum Gasteiger partial charge on any atom is 0.306 e. The summed E-state index contributed by atoms with van der Waals surface area (Å²) in [7, 11) is 0. The Morgan fingerprint density at radius 1 is 1.15 bits per heavy atom. The second kappa shape index (κ2) is 10.8. The van der Waals surface area contributed by atoms with E-state index in [2.05, 4.69) is 5.92 Å². The number of imide groups is 3. The highest BCUT2D eigenvalue weighted by molar-refractivity contribution is 6.14. The summed E-state index contributed by atoms with van der Waals surface area (Å²) in [4.78, 5) is 47.3. The lowest BCUT2D eigenvalue weighted by molar-refractivity contribution is -0.149. The largest absolute Gasteiger partial charge is 0.463 e. The molecule has 0 spiro atoms. The normalized spacial score (nSPS) is 15.6. The molecule has 0 aliphatic carbocycles. The molecular weight excluding hydrogens is 350 g/mol. The molecule has 3 amide bonds. The third-order valence-corrected chi connectivity index (χ3v) is 4.47. The van der Waals surface area contributed by atoms with Crippen LogP contribution in [-0.2, 0) is 28.7 Å². The monoisotopic (exact) mass is 379 g/mol. The van der Waals surface area contributed by atoms with Crippen molar-refractivity contribution in [2.75, 3.05) is 19.8 Å². The van der Waals surface area contributed by atoms with Crippen molar-refractivity contribution < 1.29 is 28.7 Å². The van der Waals surface area contributed by atoms with Gasteiger partial charge in [-0.2, -0.15) is 0 Å². The summed E-state index contributed by atoms with van der Waals surface area (Å²) in [5.41, 5.74) is -0.0769. The van der Waals surface area contributed by atoms with Crippen molar-refractivity contribution in [3.8, 4) is 12.3 Å². The quantitative estimate of drug-likeness (QED) is 0.250. The fourth-order valence-corrected chi connectivity index (χ4v) is 2.70. The number of nitrogens with zero attached hydrogens (tertiary/aromatic N) is 1. The maximum atomic E-state index is 11.9. The molecule has 1 aliphatic heterocycles. The average Bonchev–Trinajstić information content (AvgIpc) is 2.91. The van der Waals surface area contributed by atoms with E-state index in [-0.39, 0.29) is 62.8 Å². The predicted molar refractivity (Wildman–Crippen MR) is 98.1 cm³/mol. The summed E-state index contributed by atoms with van der Waals surface area (Å²) in [5.74, 6) is 0.988. The van der Waals surface area contributed by atoms with Crippen LogP contribution in [0.4, 0.5) is 0 Å². The van der Waals surface area contributed by atoms with Crippen LogP contribution in [0, 0.1) is 23.7 Å². The van der Waals surface area contributed by atoms with Crippen LogP contribution in [0.15, 0.2) is 0 Å². The molecule has 7 heteroatoms. The van der Waals surface area contributed by atoms with Gasteiger partial charge in [-0.05, 0) is 17.8 Å². The minimum absolute atomic E-state index is 0.0536. The number of carbonyl (C=O) groups is 4. The van der Waals surface area contributed by atoms with Gasteiger partial charge < -0.3 is 9.47 Å². The zero-order chi connectivity index (χ0) is 20.4. The van der Waals surface area contributed by atoms with E-state index in [9.17, 15) is 19.2 Å². The van der Waals surface area contributed by atoms with E-state index in [0.29, 0.717) is 12.8 Å². The topological polar surface area (TPSA) is 90.0 Å². The lowest BCUT2D eigenvalue weighted by Crippen LogP contribution is -2.35. The van der Waals surface area contributed by atoms with Crippen molar-refractivity contribution in [2.45, 2.75) is 59.3 Å². The maximum absolute atomic E-state index is 11.9. The number of hydrogen-bond acceptors (Lipinski definition) is 6. The minimum Gasteiger partial charge on any atom is -0.463 e. The van der Waals surface area contributed by atoms with Gasteiger partial charge in [0.25, 0.3) is 0 Å². The average molecular weight is 379 g/mol. The van der Waals surface area contributed by atoms with Crippen LogP contribution in [0.1, 0.15) is 59.3 Å². The van der Waals surface area contributed by atoms with E-state index in [1.54, 1.807) is 0 Å². The van der Waals surface area contributed by atoms with Gasteiger partial charge in [-0.1, -0.05) is 20.8 Å². The molecule has 1 heterocycles. The molecule has 0 aromatic heterocycles. The number of esters is 1. The summed E-state index contributed by atoms with van der Waals surface area (Å²) < 4.78 is 10.5. The molecule has 1 aliphatic rings. The van der Waals surface area contributed by atoms with Gasteiger partial charge in [0.05, 0.1) is 6.61 Å². The van der Waals surface area contributed by atoms with Crippen LogP contribution >= 0.6 is 0 Å². The molecule has 27 heavy (non-hydrogen) atoms. The Balaban J connectivity index is 2.14. The van der Waals surface area contributed by atoms with E-state index < -0.39 is 17.7 Å². The van der Waals surface area contributed by atoms with Crippen molar-refractivity contribution >= 4 is 23.7 Å². The van der Waals surface area contributed by atoms with Gasteiger partial charge in [0.2, 0.25) is 17.7 Å². The molecule has 1 unspecified atom stereocenters. The summed E-state index contributed by atoms with van der Waals surface area (Å²) in [6, 6.07) is 0. The van der Waals surface area contributed by atoms with E-state index in [0.717, 1.165) is 4.90 Å². The minimum atomic E-state index is -0.487. The van der Waals surface area contributed by atoms with Crippen molar-refractivity contribution in [1.82, 2.24) is 4.90 Å². The predicted octanol–water partition coefficient (Wildman–Crippen LogP) is 2.08. The van der Waals surface area contributed by atoms with Crippen molar-refractivity contribution in [1.29, 1.82) is 0 Å². The van der Waals surface area contributed by atoms with Gasteiger partial charge in [-0.3, -0.25) is 19.2 Å². The molecule has 150 valence electrons. The zero-order valence-electron chi connectivity index (χ0n) is 16.4. The van der Waals surface area contributed by atoms with E-state index in [1.165, 1.54) is 0 Å². The van der Waals surface area contributed by atoms with Crippen LogP contribution in [0.5, 0.6) is 0 Å². The number of amides is 3. The van der Waals surface area contributed by atoms with Gasteiger partial charge in [0.1, 0.15) is 6.61 Å². The Hall–Kier alpha value is -2.20. The first-order valence-corrected chi connectivity index (χ1v) is 9.22. The lowest BCUT2D eigenvalue weighted by Gasteiger charge is -2.28. The second-order valence-electron chi connectivity index (χ2n) is 7.63. The van der Waals surface area contributed by atoms with Crippen LogP contribution in [0.25, 0.3) is 0 Å². The van der Waals surface area contributed by atoms with Crippen LogP contribution in [0.2, 0.25) is 0 Å². The van der Waals surface area contributed by atoms with Crippen LogP contribution in [0.3, 0.4) is 0 Å². The van der Waals surface area contributed by atoms with Crippen LogP contribution in [-0.4, -0.2) is 48.4 Å². The highest BCUT2D eigenvalue weighted by atomic mass is 16.6. The zero-order valence-corrected chi connectivity index (χ0v) is 16.4. The first-order chi connectivity index (χ1) is 12.7. The number of rotatable bonds is 10. The summed E-state index contributed by atoms with van der Waals surface area (Å²) in [6.07, 6.45) is 6.80. The smallest absolute Gasteiger partial charge is 0.306 e. The second-order valence-corrected chi connectivity index (χ2v) is 7.63. The molecular formula is C20H29NO6. The lowest BCUT2D eigenvalue weighted by atomic mass is 9.77. The third kappa shape index (κ3) is 7.92. The number of hydrogen-bond donors (Lipinski definition) is 0. The molecule has 0 radical (unpaired) electrons. The van der Waals surface area contributed by atoms with Gasteiger partial charge >= 0.3 is 5.97 Å². The molecule has 0 aromatic rings. The van der Waals surface area contributed by atoms with E-state index in [4.69, 9.17) is 15.9 Å². The Morgan fingerprint density at radius 3 is 2.33 bits per heavy atom. The molecule has 7 nitrogen and oxygen atoms in total. The summed E-state index contributed by atoms with van der Waals surface area (Å²) in [5, 5.41) is 0. The Labute approximate surface area is 160 Å². The van der Waals surface area contributed by atoms with E-state index >= 15 is 0 Å². The fraction of sp³-hybridized carbons (Fsp3) is 0.700. The van der Waals surface area contributed by atoms with Gasteiger partial charge in [-0.15, -0.1) is 12.3 Å². The number of ether oxygens (including phenoxy) is 2. The summed E-state index contributed by atoms with van der Waals surface area (Å²) >= 11 is 0. The molecule has 1 saturated heterocycles. The number of likely N-dealkylation sites (tertiary alicyclic amines) is 1. The van der Waals surface area contributed by atoms with Crippen molar-refractivity contribution in [3.05, 3.63) is 0 Å².